The summed E-state index contributed by atoms with van der Waals surface area (Å²) >= 11 is 3.23. The predicted molar refractivity (Wildman–Crippen MR) is 98.3 cm³/mol. The molecule has 3 aromatic rings. The summed E-state index contributed by atoms with van der Waals surface area (Å²) in [5.74, 6) is 0.487. The number of nitrogens with two attached hydrogens (primary N) is 1. The standard InChI is InChI=1S/C17H15BrFN5/c1-24(12-5-3-2-4-6-12)17-15(20)16(21-10-22-17)23-14-8-7-11(18)9-13(14)19/h2-10H,20H2,1H3,(H,21,22,23). The normalized spacial score (nSPS) is 10.5. The van der Waals surface area contributed by atoms with Gasteiger partial charge in [0.15, 0.2) is 11.6 Å². The Hall–Kier alpha value is -2.67. The van der Waals surface area contributed by atoms with Crippen LogP contribution >= 0.6 is 15.9 Å². The van der Waals surface area contributed by atoms with Crippen molar-refractivity contribution in [2.24, 2.45) is 0 Å². The van der Waals surface area contributed by atoms with Gasteiger partial charge in [-0.1, -0.05) is 34.1 Å². The zero-order valence-corrected chi connectivity index (χ0v) is 14.5. The van der Waals surface area contributed by atoms with Gasteiger partial charge in [0, 0.05) is 17.2 Å². The second-order valence-corrected chi connectivity index (χ2v) is 6.02. The van der Waals surface area contributed by atoms with Crippen LogP contribution in [-0.2, 0) is 0 Å². The molecule has 3 N–H and O–H groups in total. The number of benzene rings is 2. The third kappa shape index (κ3) is 3.30. The van der Waals surface area contributed by atoms with Crippen LogP contribution in [0, 0.1) is 5.82 Å². The summed E-state index contributed by atoms with van der Waals surface area (Å²) in [4.78, 5) is 10.2. The second-order valence-electron chi connectivity index (χ2n) is 5.10. The highest BCUT2D eigenvalue weighted by atomic mass is 79.9. The number of hydrogen-bond donors (Lipinski definition) is 2. The van der Waals surface area contributed by atoms with E-state index in [-0.39, 0.29) is 5.69 Å². The largest absolute Gasteiger partial charge is 0.393 e. The molecule has 0 aliphatic heterocycles. The molecule has 0 fully saturated rings. The summed E-state index contributed by atoms with van der Waals surface area (Å²) in [6.07, 6.45) is 1.39. The van der Waals surface area contributed by atoms with Gasteiger partial charge in [-0.05, 0) is 30.3 Å². The number of halogens is 2. The first-order valence-corrected chi connectivity index (χ1v) is 7.97. The summed E-state index contributed by atoms with van der Waals surface area (Å²) < 4.78 is 14.7. The lowest BCUT2D eigenvalue weighted by Gasteiger charge is -2.21. The van der Waals surface area contributed by atoms with Crippen molar-refractivity contribution in [2.75, 3.05) is 23.0 Å². The maximum absolute atomic E-state index is 14.0. The van der Waals surface area contributed by atoms with E-state index in [1.165, 1.54) is 12.4 Å². The Morgan fingerprint density at radius 2 is 1.88 bits per heavy atom. The number of anilines is 5. The minimum absolute atomic E-state index is 0.289. The lowest BCUT2D eigenvalue weighted by molar-refractivity contribution is 0.631. The quantitative estimate of drug-likeness (QED) is 0.690. The third-order valence-corrected chi connectivity index (χ3v) is 4.00. The molecule has 24 heavy (non-hydrogen) atoms. The molecule has 0 saturated heterocycles. The minimum atomic E-state index is -0.402. The van der Waals surface area contributed by atoms with Gasteiger partial charge in [-0.25, -0.2) is 14.4 Å². The lowest BCUT2D eigenvalue weighted by Crippen LogP contribution is -2.15. The number of rotatable bonds is 4. The lowest BCUT2D eigenvalue weighted by atomic mass is 10.2. The highest BCUT2D eigenvalue weighted by Crippen LogP contribution is 2.32. The fraction of sp³-hybridized carbons (Fsp3) is 0.0588. The number of hydrogen-bond acceptors (Lipinski definition) is 5. The molecule has 0 unspecified atom stereocenters. The maximum atomic E-state index is 14.0. The van der Waals surface area contributed by atoms with Gasteiger partial charge < -0.3 is 16.0 Å². The molecule has 0 radical (unpaired) electrons. The summed E-state index contributed by atoms with van der Waals surface area (Å²) in [6.45, 7) is 0. The average Bonchev–Trinajstić information content (AvgIpc) is 2.59. The summed E-state index contributed by atoms with van der Waals surface area (Å²) in [7, 11) is 1.86. The van der Waals surface area contributed by atoms with E-state index in [1.54, 1.807) is 12.1 Å². The third-order valence-electron chi connectivity index (χ3n) is 3.51. The van der Waals surface area contributed by atoms with Crippen LogP contribution in [0.4, 0.5) is 33.1 Å². The average molecular weight is 388 g/mol. The second kappa shape index (κ2) is 6.84. The van der Waals surface area contributed by atoms with Crippen LogP contribution in [0.2, 0.25) is 0 Å². The first-order chi connectivity index (χ1) is 11.6. The van der Waals surface area contributed by atoms with Gasteiger partial charge in [0.1, 0.15) is 17.8 Å². The van der Waals surface area contributed by atoms with Crippen LogP contribution in [0.15, 0.2) is 59.3 Å². The van der Waals surface area contributed by atoms with E-state index in [0.717, 1.165) is 5.69 Å². The molecule has 5 nitrogen and oxygen atoms in total. The first-order valence-electron chi connectivity index (χ1n) is 7.17. The maximum Gasteiger partial charge on any atom is 0.161 e. The molecule has 122 valence electrons. The number of nitrogens with one attached hydrogen (secondary N) is 1. The fourth-order valence-electron chi connectivity index (χ4n) is 2.25. The van der Waals surface area contributed by atoms with Gasteiger partial charge in [0.2, 0.25) is 0 Å². The summed E-state index contributed by atoms with van der Waals surface area (Å²) in [6, 6.07) is 14.4. The molecule has 0 atom stereocenters. The first kappa shape index (κ1) is 16.2. The Morgan fingerprint density at radius 1 is 1.12 bits per heavy atom. The number of nitrogen functional groups attached to an aromatic ring is 1. The predicted octanol–water partition coefficient (Wildman–Crippen LogP) is 4.47. The molecule has 0 saturated carbocycles. The molecule has 0 spiro atoms. The van der Waals surface area contributed by atoms with Crippen LogP contribution in [0.5, 0.6) is 0 Å². The van der Waals surface area contributed by atoms with E-state index in [2.05, 4.69) is 31.2 Å². The van der Waals surface area contributed by atoms with E-state index < -0.39 is 5.82 Å². The van der Waals surface area contributed by atoms with Crippen molar-refractivity contribution < 1.29 is 4.39 Å². The molecule has 0 bridgehead atoms. The monoisotopic (exact) mass is 387 g/mol. The van der Waals surface area contributed by atoms with Gasteiger partial charge in [0.25, 0.3) is 0 Å². The van der Waals surface area contributed by atoms with E-state index in [9.17, 15) is 4.39 Å². The van der Waals surface area contributed by atoms with E-state index in [0.29, 0.717) is 21.8 Å². The summed E-state index contributed by atoms with van der Waals surface area (Å²) in [5, 5.41) is 2.92. The zero-order chi connectivity index (χ0) is 17.1. The Labute approximate surface area is 147 Å². The van der Waals surface area contributed by atoms with Crippen LogP contribution in [0.25, 0.3) is 0 Å². The molecular weight excluding hydrogens is 373 g/mol. The van der Waals surface area contributed by atoms with Gasteiger partial charge in [-0.2, -0.15) is 0 Å². The molecule has 1 heterocycles. The molecule has 7 heteroatoms. The van der Waals surface area contributed by atoms with Crippen molar-refractivity contribution in [3.8, 4) is 0 Å². The number of aromatic nitrogens is 2. The van der Waals surface area contributed by atoms with Gasteiger partial charge >= 0.3 is 0 Å². The summed E-state index contributed by atoms with van der Waals surface area (Å²) in [5.41, 5.74) is 7.75. The van der Waals surface area contributed by atoms with Crippen molar-refractivity contribution in [1.29, 1.82) is 0 Å². The van der Waals surface area contributed by atoms with Crippen LogP contribution in [0.1, 0.15) is 0 Å². The molecule has 0 aliphatic carbocycles. The molecular formula is C17H15BrFN5. The number of nitrogens with zero attached hydrogens (tertiary/aromatic N) is 3. The minimum Gasteiger partial charge on any atom is -0.393 e. The molecule has 3 rings (SSSR count). The number of para-hydroxylation sites is 1. The van der Waals surface area contributed by atoms with Crippen molar-refractivity contribution in [3.05, 3.63) is 65.1 Å². The van der Waals surface area contributed by atoms with Crippen molar-refractivity contribution >= 4 is 44.6 Å². The smallest absolute Gasteiger partial charge is 0.161 e. The van der Waals surface area contributed by atoms with Gasteiger partial charge in [-0.15, -0.1) is 0 Å². The molecule has 1 aromatic heterocycles. The molecule has 2 aromatic carbocycles. The van der Waals surface area contributed by atoms with Gasteiger partial charge in [0.05, 0.1) is 5.69 Å². The van der Waals surface area contributed by atoms with Crippen LogP contribution in [-0.4, -0.2) is 17.0 Å². The van der Waals surface area contributed by atoms with Crippen molar-refractivity contribution in [3.63, 3.8) is 0 Å². The highest BCUT2D eigenvalue weighted by Gasteiger charge is 2.14. The Bertz CT molecular complexity index is 857. The molecule has 0 amide bonds. The van der Waals surface area contributed by atoms with E-state index in [4.69, 9.17) is 5.73 Å². The Balaban J connectivity index is 1.94. The van der Waals surface area contributed by atoms with Crippen LogP contribution < -0.4 is 16.0 Å². The van der Waals surface area contributed by atoms with Crippen LogP contribution in [0.3, 0.4) is 0 Å². The Kier molecular flexibility index (Phi) is 4.61. The highest BCUT2D eigenvalue weighted by molar-refractivity contribution is 9.10. The van der Waals surface area contributed by atoms with Gasteiger partial charge in [-0.3, -0.25) is 0 Å². The van der Waals surface area contributed by atoms with E-state index in [1.807, 2.05) is 42.3 Å². The van der Waals surface area contributed by atoms with Crippen molar-refractivity contribution in [1.82, 2.24) is 9.97 Å². The zero-order valence-electron chi connectivity index (χ0n) is 12.9. The van der Waals surface area contributed by atoms with E-state index >= 15 is 0 Å². The molecule has 0 aliphatic rings. The van der Waals surface area contributed by atoms with Crippen molar-refractivity contribution in [2.45, 2.75) is 0 Å². The fourth-order valence-corrected chi connectivity index (χ4v) is 2.58. The Morgan fingerprint density at radius 3 is 2.58 bits per heavy atom. The SMILES string of the molecule is CN(c1ccccc1)c1ncnc(Nc2ccc(Br)cc2F)c1N. The topological polar surface area (TPSA) is 67.1 Å².